The average molecular weight is 243 g/mol. The smallest absolute Gasteiger partial charge is 0.322 e. The van der Waals surface area contributed by atoms with Crippen molar-refractivity contribution in [2.24, 2.45) is 0 Å². The summed E-state index contributed by atoms with van der Waals surface area (Å²) >= 11 is 0. The molecule has 0 bridgehead atoms. The number of carboxylic acid groups (broad SMARTS) is 1. The van der Waals surface area contributed by atoms with Crippen LogP contribution in [0.25, 0.3) is 11.3 Å². The van der Waals surface area contributed by atoms with Crippen LogP contribution >= 0.6 is 0 Å². The number of rotatable bonds is 4. The SMILES string of the molecule is Cc1cc(-c2ccccc2)nc(NCC(=O)O)n1. The highest BCUT2D eigenvalue weighted by Crippen LogP contribution is 2.18. The van der Waals surface area contributed by atoms with E-state index in [9.17, 15) is 4.79 Å². The molecule has 0 spiro atoms. The lowest BCUT2D eigenvalue weighted by molar-refractivity contribution is -0.134. The van der Waals surface area contributed by atoms with Gasteiger partial charge in [-0.25, -0.2) is 9.97 Å². The summed E-state index contributed by atoms with van der Waals surface area (Å²) in [5.74, 6) is -0.613. The van der Waals surface area contributed by atoms with Crippen LogP contribution in [0.3, 0.4) is 0 Å². The monoisotopic (exact) mass is 243 g/mol. The first-order chi connectivity index (χ1) is 8.65. The standard InChI is InChI=1S/C13H13N3O2/c1-9-7-11(10-5-3-2-4-6-10)16-13(15-9)14-8-12(17)18/h2-7H,8H2,1H3,(H,17,18)(H,14,15,16). The Morgan fingerprint density at radius 2 is 2.00 bits per heavy atom. The molecule has 0 fully saturated rings. The number of carboxylic acids is 1. The number of carbonyl (C=O) groups is 1. The predicted octanol–water partition coefficient (Wildman–Crippen LogP) is 1.95. The topological polar surface area (TPSA) is 75.1 Å². The van der Waals surface area contributed by atoms with E-state index < -0.39 is 5.97 Å². The summed E-state index contributed by atoms with van der Waals surface area (Å²) in [6, 6.07) is 11.5. The number of aliphatic carboxylic acids is 1. The van der Waals surface area contributed by atoms with Crippen LogP contribution < -0.4 is 5.32 Å². The lowest BCUT2D eigenvalue weighted by Crippen LogP contribution is -2.14. The van der Waals surface area contributed by atoms with E-state index in [1.54, 1.807) is 0 Å². The van der Waals surface area contributed by atoms with Gasteiger partial charge >= 0.3 is 5.97 Å². The van der Waals surface area contributed by atoms with Crippen molar-refractivity contribution in [1.82, 2.24) is 9.97 Å². The summed E-state index contributed by atoms with van der Waals surface area (Å²) in [5.41, 5.74) is 2.54. The van der Waals surface area contributed by atoms with Crippen LogP contribution in [0.15, 0.2) is 36.4 Å². The third kappa shape index (κ3) is 3.04. The Balaban J connectivity index is 2.29. The molecule has 0 radical (unpaired) electrons. The number of hydrogen-bond acceptors (Lipinski definition) is 4. The number of aryl methyl sites for hydroxylation is 1. The fourth-order valence-corrected chi connectivity index (χ4v) is 1.56. The number of benzene rings is 1. The molecular weight excluding hydrogens is 230 g/mol. The number of nitrogens with one attached hydrogen (secondary N) is 1. The Labute approximate surface area is 105 Å². The molecule has 0 atom stereocenters. The van der Waals surface area contributed by atoms with E-state index in [-0.39, 0.29) is 6.54 Å². The summed E-state index contributed by atoms with van der Waals surface area (Å²) in [6.45, 7) is 1.65. The van der Waals surface area contributed by atoms with Crippen LogP contribution in [-0.4, -0.2) is 27.6 Å². The molecule has 1 heterocycles. The minimum Gasteiger partial charge on any atom is -0.480 e. The number of nitrogens with zero attached hydrogens (tertiary/aromatic N) is 2. The van der Waals surface area contributed by atoms with Gasteiger partial charge in [0.2, 0.25) is 5.95 Å². The molecule has 2 rings (SSSR count). The van der Waals surface area contributed by atoms with Crippen LogP contribution in [0.1, 0.15) is 5.69 Å². The summed E-state index contributed by atoms with van der Waals surface area (Å²) in [7, 11) is 0. The van der Waals surface area contributed by atoms with E-state index >= 15 is 0 Å². The molecule has 5 nitrogen and oxygen atoms in total. The predicted molar refractivity (Wildman–Crippen MR) is 68.3 cm³/mol. The molecule has 1 aromatic carbocycles. The first kappa shape index (κ1) is 12.0. The Bertz CT molecular complexity index is 555. The van der Waals surface area contributed by atoms with Crippen molar-refractivity contribution >= 4 is 11.9 Å². The third-order valence-corrected chi connectivity index (χ3v) is 2.32. The largest absolute Gasteiger partial charge is 0.480 e. The Kier molecular flexibility index (Phi) is 3.52. The average Bonchev–Trinajstić information content (AvgIpc) is 2.37. The van der Waals surface area contributed by atoms with Crippen LogP contribution in [0.4, 0.5) is 5.95 Å². The first-order valence-electron chi connectivity index (χ1n) is 5.52. The molecule has 0 amide bonds. The summed E-state index contributed by atoms with van der Waals surface area (Å²) in [4.78, 5) is 18.9. The minimum atomic E-state index is -0.943. The van der Waals surface area contributed by atoms with Gasteiger partial charge in [-0.3, -0.25) is 4.79 Å². The Hall–Kier alpha value is -2.43. The van der Waals surface area contributed by atoms with Gasteiger partial charge in [0.15, 0.2) is 0 Å². The van der Waals surface area contributed by atoms with Crippen molar-refractivity contribution in [1.29, 1.82) is 0 Å². The van der Waals surface area contributed by atoms with Gasteiger partial charge < -0.3 is 10.4 Å². The van der Waals surface area contributed by atoms with E-state index in [0.29, 0.717) is 5.95 Å². The third-order valence-electron chi connectivity index (χ3n) is 2.32. The second-order valence-corrected chi connectivity index (χ2v) is 3.83. The molecule has 0 unspecified atom stereocenters. The van der Waals surface area contributed by atoms with Gasteiger partial charge in [-0.2, -0.15) is 0 Å². The van der Waals surface area contributed by atoms with E-state index in [2.05, 4.69) is 15.3 Å². The maximum absolute atomic E-state index is 10.5. The highest BCUT2D eigenvalue weighted by Gasteiger charge is 2.05. The van der Waals surface area contributed by atoms with Crippen molar-refractivity contribution in [2.45, 2.75) is 6.92 Å². The molecule has 2 aromatic rings. The number of anilines is 1. The van der Waals surface area contributed by atoms with Gasteiger partial charge in [0.05, 0.1) is 5.69 Å². The zero-order valence-corrected chi connectivity index (χ0v) is 9.92. The maximum atomic E-state index is 10.5. The highest BCUT2D eigenvalue weighted by atomic mass is 16.4. The van der Waals surface area contributed by atoms with Gasteiger partial charge in [0, 0.05) is 11.3 Å². The molecule has 0 saturated carbocycles. The van der Waals surface area contributed by atoms with Crippen LogP contribution in [-0.2, 0) is 4.79 Å². The summed E-state index contributed by atoms with van der Waals surface area (Å²) < 4.78 is 0. The minimum absolute atomic E-state index is 0.197. The van der Waals surface area contributed by atoms with Crippen LogP contribution in [0, 0.1) is 6.92 Å². The fraction of sp³-hybridized carbons (Fsp3) is 0.154. The Morgan fingerprint density at radius 1 is 1.28 bits per heavy atom. The zero-order valence-electron chi connectivity index (χ0n) is 9.92. The van der Waals surface area contributed by atoms with E-state index in [1.165, 1.54) is 0 Å². The second-order valence-electron chi connectivity index (χ2n) is 3.83. The van der Waals surface area contributed by atoms with Crippen molar-refractivity contribution in [3.8, 4) is 11.3 Å². The molecule has 1 aromatic heterocycles. The highest BCUT2D eigenvalue weighted by molar-refractivity contribution is 5.72. The molecule has 0 aliphatic heterocycles. The molecule has 2 N–H and O–H groups in total. The molecule has 5 heteroatoms. The number of hydrogen-bond donors (Lipinski definition) is 2. The van der Waals surface area contributed by atoms with Gasteiger partial charge in [0.1, 0.15) is 6.54 Å². The quantitative estimate of drug-likeness (QED) is 0.858. The first-order valence-corrected chi connectivity index (χ1v) is 5.52. The molecular formula is C13H13N3O2. The second kappa shape index (κ2) is 5.27. The van der Waals surface area contributed by atoms with E-state index in [0.717, 1.165) is 17.0 Å². The molecule has 0 aliphatic rings. The maximum Gasteiger partial charge on any atom is 0.322 e. The van der Waals surface area contributed by atoms with Crippen LogP contribution in [0.2, 0.25) is 0 Å². The Morgan fingerprint density at radius 3 is 2.67 bits per heavy atom. The lowest BCUT2D eigenvalue weighted by Gasteiger charge is -2.06. The van der Waals surface area contributed by atoms with E-state index in [1.807, 2.05) is 43.3 Å². The molecule has 92 valence electrons. The van der Waals surface area contributed by atoms with Gasteiger partial charge in [-0.05, 0) is 13.0 Å². The van der Waals surface area contributed by atoms with Crippen molar-refractivity contribution < 1.29 is 9.90 Å². The van der Waals surface area contributed by atoms with Crippen LogP contribution in [0.5, 0.6) is 0 Å². The molecule has 0 saturated heterocycles. The van der Waals surface area contributed by atoms with E-state index in [4.69, 9.17) is 5.11 Å². The van der Waals surface area contributed by atoms with Crippen molar-refractivity contribution in [3.63, 3.8) is 0 Å². The van der Waals surface area contributed by atoms with Gasteiger partial charge in [-0.15, -0.1) is 0 Å². The lowest BCUT2D eigenvalue weighted by atomic mass is 10.1. The molecule has 0 aliphatic carbocycles. The summed E-state index contributed by atoms with van der Waals surface area (Å²) in [6.07, 6.45) is 0. The molecule has 18 heavy (non-hydrogen) atoms. The van der Waals surface area contributed by atoms with Gasteiger partial charge in [0.25, 0.3) is 0 Å². The zero-order chi connectivity index (χ0) is 13.0. The van der Waals surface area contributed by atoms with Gasteiger partial charge in [-0.1, -0.05) is 30.3 Å². The summed E-state index contributed by atoms with van der Waals surface area (Å²) in [5, 5.41) is 11.3. The fourth-order valence-electron chi connectivity index (χ4n) is 1.56. The normalized spacial score (nSPS) is 10.1. The van der Waals surface area contributed by atoms with Crippen molar-refractivity contribution in [2.75, 3.05) is 11.9 Å². The number of aromatic nitrogens is 2. The van der Waals surface area contributed by atoms with Crippen molar-refractivity contribution in [3.05, 3.63) is 42.1 Å².